The Balaban J connectivity index is 0.00000101. The van der Waals surface area contributed by atoms with Crippen LogP contribution in [0.1, 0.15) is 45.7 Å². The summed E-state index contributed by atoms with van der Waals surface area (Å²) >= 11 is 0. The summed E-state index contributed by atoms with van der Waals surface area (Å²) in [5.74, 6) is 1.39. The van der Waals surface area contributed by atoms with Gasteiger partial charge in [-0.1, -0.05) is 50.6 Å². The van der Waals surface area contributed by atoms with Crippen molar-refractivity contribution < 1.29 is 14.6 Å². The van der Waals surface area contributed by atoms with Gasteiger partial charge in [-0.05, 0) is 55.0 Å². The number of benzene rings is 3. The molecule has 0 fully saturated rings. The van der Waals surface area contributed by atoms with Crippen LogP contribution >= 0.6 is 0 Å². The number of aromatic hydroxyl groups is 1. The maximum absolute atomic E-state index is 11.5. The molecule has 3 aromatic carbocycles. The number of ether oxygens (including phenoxy) is 1. The van der Waals surface area contributed by atoms with E-state index >= 15 is 0 Å². The van der Waals surface area contributed by atoms with E-state index in [-0.39, 0.29) is 17.7 Å². The minimum absolute atomic E-state index is 0.0578. The number of nitrogens with one attached hydrogen (secondary N) is 2. The smallest absolute Gasteiger partial charge is 0.221 e. The Morgan fingerprint density at radius 2 is 1.50 bits per heavy atom. The second-order valence-electron chi connectivity index (χ2n) is 6.93. The fourth-order valence-electron chi connectivity index (χ4n) is 2.81. The molecule has 1 amide bonds. The third-order valence-corrected chi connectivity index (χ3v) is 4.06. The maximum Gasteiger partial charge on any atom is 0.221 e. The van der Waals surface area contributed by atoms with Gasteiger partial charge in [0.05, 0.1) is 11.7 Å². The highest BCUT2D eigenvalue weighted by Crippen LogP contribution is 2.33. The predicted octanol–water partition coefficient (Wildman–Crippen LogP) is 6.73. The zero-order chi connectivity index (χ0) is 21.9. The molecule has 0 aliphatic rings. The number of rotatable bonds is 6. The van der Waals surface area contributed by atoms with Gasteiger partial charge in [-0.3, -0.25) is 4.79 Å². The Hall–Kier alpha value is -3.47. The van der Waals surface area contributed by atoms with Crippen molar-refractivity contribution in [3.63, 3.8) is 0 Å². The number of amides is 1. The van der Waals surface area contributed by atoms with Crippen molar-refractivity contribution in [2.75, 3.05) is 10.6 Å². The fourth-order valence-corrected chi connectivity index (χ4v) is 2.81. The number of hydrogen-bond donors (Lipinski definition) is 3. The normalized spacial score (nSPS) is 10.9. The summed E-state index contributed by atoms with van der Waals surface area (Å²) < 4.78 is 5.95. The summed E-state index contributed by atoms with van der Waals surface area (Å²) in [5, 5.41) is 15.7. The van der Waals surface area contributed by atoms with Gasteiger partial charge in [0.1, 0.15) is 11.5 Å². The van der Waals surface area contributed by atoms with Gasteiger partial charge in [0, 0.05) is 12.6 Å². The molecular formula is C25H30N2O3. The lowest BCUT2D eigenvalue weighted by molar-refractivity contribution is -0.114. The zero-order valence-electron chi connectivity index (χ0n) is 18.0. The molecule has 0 aliphatic carbocycles. The van der Waals surface area contributed by atoms with E-state index in [2.05, 4.69) is 24.5 Å². The molecule has 0 saturated heterocycles. The summed E-state index contributed by atoms with van der Waals surface area (Å²) in [4.78, 5) is 11.5. The summed E-state index contributed by atoms with van der Waals surface area (Å²) in [6, 6.07) is 21.9. The molecule has 3 aromatic rings. The predicted molar refractivity (Wildman–Crippen MR) is 123 cm³/mol. The van der Waals surface area contributed by atoms with Crippen molar-refractivity contribution >= 4 is 17.3 Å². The lowest BCUT2D eigenvalue weighted by Crippen LogP contribution is -2.13. The van der Waals surface area contributed by atoms with Crippen LogP contribution < -0.4 is 15.4 Å². The number of phenols is 1. The van der Waals surface area contributed by atoms with Crippen molar-refractivity contribution in [2.45, 2.75) is 40.2 Å². The van der Waals surface area contributed by atoms with Gasteiger partial charge in [-0.15, -0.1) is 0 Å². The number of anilines is 2. The lowest BCUT2D eigenvalue weighted by Gasteiger charge is -2.21. The van der Waals surface area contributed by atoms with Crippen LogP contribution in [-0.4, -0.2) is 11.0 Å². The van der Waals surface area contributed by atoms with Crippen molar-refractivity contribution in [3.8, 4) is 17.2 Å². The largest absolute Gasteiger partial charge is 0.508 e. The molecule has 0 radical (unpaired) electrons. The molecule has 0 aliphatic heterocycles. The van der Waals surface area contributed by atoms with Crippen molar-refractivity contribution in [1.82, 2.24) is 0 Å². The van der Waals surface area contributed by atoms with Crippen LogP contribution in [-0.2, 0) is 4.79 Å². The van der Waals surface area contributed by atoms with E-state index in [1.807, 2.05) is 55.5 Å². The molecule has 1 atom stereocenters. The zero-order valence-corrected chi connectivity index (χ0v) is 18.0. The van der Waals surface area contributed by atoms with Crippen LogP contribution in [0.15, 0.2) is 72.8 Å². The van der Waals surface area contributed by atoms with Gasteiger partial charge in [-0.25, -0.2) is 0 Å². The van der Waals surface area contributed by atoms with Gasteiger partial charge < -0.3 is 20.5 Å². The second-order valence-corrected chi connectivity index (χ2v) is 6.93. The average Bonchev–Trinajstić information content (AvgIpc) is 2.71. The van der Waals surface area contributed by atoms with Crippen molar-refractivity contribution in [2.24, 2.45) is 0 Å². The number of carbonyl (C=O) groups is 1. The second kappa shape index (κ2) is 11.5. The minimum atomic E-state index is -0.106. The van der Waals surface area contributed by atoms with Crippen LogP contribution in [0.25, 0.3) is 0 Å². The first kappa shape index (κ1) is 22.8. The van der Waals surface area contributed by atoms with Gasteiger partial charge in [0.15, 0.2) is 5.75 Å². The third kappa shape index (κ3) is 6.85. The first-order valence-corrected chi connectivity index (χ1v) is 10.1. The van der Waals surface area contributed by atoms with Gasteiger partial charge in [-0.2, -0.15) is 0 Å². The first-order chi connectivity index (χ1) is 14.4. The number of para-hydroxylation sites is 3. The highest BCUT2D eigenvalue weighted by molar-refractivity contribution is 5.89. The van der Waals surface area contributed by atoms with E-state index in [0.717, 1.165) is 16.9 Å². The molecule has 3 N–H and O–H groups in total. The first-order valence-electron chi connectivity index (χ1n) is 10.1. The van der Waals surface area contributed by atoms with Crippen LogP contribution in [0.5, 0.6) is 17.2 Å². The molecule has 30 heavy (non-hydrogen) atoms. The molecule has 5 nitrogen and oxygen atoms in total. The quantitative estimate of drug-likeness (QED) is 0.424. The van der Waals surface area contributed by atoms with E-state index in [4.69, 9.17) is 4.74 Å². The van der Waals surface area contributed by atoms with Gasteiger partial charge in [0.2, 0.25) is 5.91 Å². The molecular weight excluding hydrogens is 376 g/mol. The van der Waals surface area contributed by atoms with Crippen LogP contribution in [0.3, 0.4) is 0 Å². The van der Waals surface area contributed by atoms with E-state index in [1.165, 1.54) is 13.3 Å². The number of phenolic OH excluding ortho intramolecular Hbond substituents is 1. The third-order valence-electron chi connectivity index (χ3n) is 4.06. The summed E-state index contributed by atoms with van der Waals surface area (Å²) in [7, 11) is 0. The Kier molecular flexibility index (Phi) is 8.75. The van der Waals surface area contributed by atoms with Gasteiger partial charge in [0.25, 0.3) is 0 Å². The standard InChI is InChI=1S/C22H22N2O3.C3H8/c1-15(19-7-3-4-8-20(19)24-16(2)25)23-21-9-5-6-10-22(21)27-18-13-11-17(26)12-14-18;1-3-2/h3-15,23,26H,1-2H3,(H,24,25);3H2,1-2H3. The number of carbonyl (C=O) groups excluding carboxylic acids is 1. The molecule has 1 unspecified atom stereocenters. The molecule has 0 spiro atoms. The SMILES string of the molecule is CC(=O)Nc1ccccc1C(C)Nc1ccccc1Oc1ccc(O)cc1.CCC. The van der Waals surface area contributed by atoms with Crippen molar-refractivity contribution in [3.05, 3.63) is 78.4 Å². The summed E-state index contributed by atoms with van der Waals surface area (Å²) in [6.07, 6.45) is 1.25. The van der Waals surface area contributed by atoms with E-state index in [1.54, 1.807) is 24.3 Å². The minimum Gasteiger partial charge on any atom is -0.508 e. The maximum atomic E-state index is 11.5. The fraction of sp³-hybridized carbons (Fsp3) is 0.240. The lowest BCUT2D eigenvalue weighted by atomic mass is 10.1. The molecule has 3 rings (SSSR count). The highest BCUT2D eigenvalue weighted by atomic mass is 16.5. The Labute approximate surface area is 178 Å². The molecule has 0 saturated carbocycles. The summed E-state index contributed by atoms with van der Waals surface area (Å²) in [6.45, 7) is 7.77. The van der Waals surface area contributed by atoms with Crippen LogP contribution in [0.2, 0.25) is 0 Å². The monoisotopic (exact) mass is 406 g/mol. The molecule has 5 heteroatoms. The topological polar surface area (TPSA) is 70.6 Å². The molecule has 0 aromatic heterocycles. The van der Waals surface area contributed by atoms with E-state index in [0.29, 0.717) is 11.5 Å². The highest BCUT2D eigenvalue weighted by Gasteiger charge is 2.13. The summed E-state index contributed by atoms with van der Waals surface area (Å²) in [5.41, 5.74) is 2.59. The van der Waals surface area contributed by atoms with Gasteiger partial charge >= 0.3 is 0 Å². The van der Waals surface area contributed by atoms with Crippen molar-refractivity contribution in [1.29, 1.82) is 0 Å². The molecule has 0 bridgehead atoms. The van der Waals surface area contributed by atoms with Crippen LogP contribution in [0.4, 0.5) is 11.4 Å². The van der Waals surface area contributed by atoms with E-state index in [9.17, 15) is 9.90 Å². The molecule has 158 valence electrons. The Bertz CT molecular complexity index is 939. The van der Waals surface area contributed by atoms with Crippen LogP contribution in [0, 0.1) is 0 Å². The Morgan fingerprint density at radius 3 is 2.13 bits per heavy atom. The number of hydrogen-bond acceptors (Lipinski definition) is 4. The Morgan fingerprint density at radius 1 is 0.933 bits per heavy atom. The molecule has 0 heterocycles. The van der Waals surface area contributed by atoms with E-state index < -0.39 is 0 Å². The average molecular weight is 407 g/mol.